The van der Waals surface area contributed by atoms with E-state index in [1.807, 2.05) is 32.9 Å². The smallest absolute Gasteiger partial charge is 0.258 e. The van der Waals surface area contributed by atoms with E-state index in [4.69, 9.17) is 4.74 Å². The van der Waals surface area contributed by atoms with Gasteiger partial charge in [0.25, 0.3) is 5.91 Å². The Morgan fingerprint density at radius 1 is 1.21 bits per heavy atom. The van der Waals surface area contributed by atoms with E-state index in [1.165, 1.54) is 10.6 Å². The fourth-order valence-electron chi connectivity index (χ4n) is 2.89. The number of hydrogen-bond acceptors (Lipinski definition) is 4. The zero-order valence-electron chi connectivity index (χ0n) is 14.8. The first-order valence-electron chi connectivity index (χ1n) is 8.12. The quantitative estimate of drug-likeness (QED) is 0.870. The molecule has 1 aliphatic rings. The molecule has 1 N–H and O–H groups in total. The third kappa shape index (κ3) is 4.70. The number of carbonyl (C=O) groups excluding carboxylic acids is 1. The number of aryl methyl sites for hydroxylation is 2. The summed E-state index contributed by atoms with van der Waals surface area (Å²) >= 11 is 0. The van der Waals surface area contributed by atoms with Crippen LogP contribution in [0.1, 0.15) is 29.5 Å². The average molecular weight is 354 g/mol. The molecule has 0 unspecified atom stereocenters. The first-order chi connectivity index (χ1) is 11.2. The third-order valence-corrected chi connectivity index (χ3v) is 5.81. The van der Waals surface area contributed by atoms with E-state index in [0.717, 1.165) is 22.4 Å². The molecule has 1 saturated heterocycles. The first kappa shape index (κ1) is 18.7. The number of hydrogen-bond donors (Lipinski definition) is 1. The maximum atomic E-state index is 12.1. The summed E-state index contributed by atoms with van der Waals surface area (Å²) in [6, 6.07) is 4.02. The van der Waals surface area contributed by atoms with Crippen LogP contribution in [0.5, 0.6) is 5.75 Å². The van der Waals surface area contributed by atoms with Crippen LogP contribution in [-0.4, -0.2) is 50.6 Å². The molecule has 134 valence electrons. The zero-order chi connectivity index (χ0) is 17.9. The van der Waals surface area contributed by atoms with Crippen molar-refractivity contribution in [2.75, 3.05) is 26.0 Å². The number of amides is 1. The molecule has 1 aliphatic heterocycles. The van der Waals surface area contributed by atoms with Crippen molar-refractivity contribution in [3.05, 3.63) is 28.8 Å². The highest BCUT2D eigenvalue weighted by molar-refractivity contribution is 7.88. The molecule has 0 bridgehead atoms. The summed E-state index contributed by atoms with van der Waals surface area (Å²) in [5.74, 6) is 0.588. The lowest BCUT2D eigenvalue weighted by Gasteiger charge is -2.30. The molecule has 7 heteroatoms. The third-order valence-electron chi connectivity index (χ3n) is 4.51. The van der Waals surface area contributed by atoms with Gasteiger partial charge < -0.3 is 10.1 Å². The molecule has 0 aliphatic carbocycles. The molecular weight excluding hydrogens is 328 g/mol. The fraction of sp³-hybridized carbons (Fsp3) is 0.588. The second-order valence-corrected chi connectivity index (χ2v) is 8.43. The lowest BCUT2D eigenvalue weighted by Crippen LogP contribution is -2.47. The van der Waals surface area contributed by atoms with Crippen molar-refractivity contribution in [3.8, 4) is 5.75 Å². The molecule has 0 radical (unpaired) electrons. The van der Waals surface area contributed by atoms with Crippen LogP contribution in [0.4, 0.5) is 0 Å². The molecule has 1 amide bonds. The van der Waals surface area contributed by atoms with Crippen molar-refractivity contribution in [1.29, 1.82) is 0 Å². The van der Waals surface area contributed by atoms with Gasteiger partial charge in [-0.15, -0.1) is 0 Å². The van der Waals surface area contributed by atoms with Crippen LogP contribution in [0.3, 0.4) is 0 Å². The summed E-state index contributed by atoms with van der Waals surface area (Å²) in [6.07, 6.45) is 2.47. The normalized spacial score (nSPS) is 16.8. The van der Waals surface area contributed by atoms with Crippen molar-refractivity contribution in [2.45, 2.75) is 39.7 Å². The van der Waals surface area contributed by atoms with Gasteiger partial charge in [0.15, 0.2) is 6.61 Å². The number of nitrogens with zero attached hydrogens (tertiary/aromatic N) is 1. The Kier molecular flexibility index (Phi) is 5.87. The number of carbonyl (C=O) groups is 1. The summed E-state index contributed by atoms with van der Waals surface area (Å²) in [5, 5.41) is 2.93. The molecule has 2 rings (SSSR count). The summed E-state index contributed by atoms with van der Waals surface area (Å²) in [7, 11) is -3.14. The lowest BCUT2D eigenvalue weighted by atomic mass is 10.1. The SMILES string of the molecule is Cc1ccc(C)c(OCC(=O)NC2CCN(S(C)(=O)=O)CC2)c1C. The van der Waals surface area contributed by atoms with Gasteiger partial charge in [-0.1, -0.05) is 12.1 Å². The second-order valence-electron chi connectivity index (χ2n) is 6.45. The molecule has 0 saturated carbocycles. The van der Waals surface area contributed by atoms with Crippen molar-refractivity contribution in [1.82, 2.24) is 9.62 Å². The molecule has 1 heterocycles. The van der Waals surface area contributed by atoms with E-state index >= 15 is 0 Å². The van der Waals surface area contributed by atoms with Crippen LogP contribution in [0.2, 0.25) is 0 Å². The maximum Gasteiger partial charge on any atom is 0.258 e. The predicted molar refractivity (Wildman–Crippen MR) is 93.7 cm³/mol. The van der Waals surface area contributed by atoms with E-state index in [-0.39, 0.29) is 18.6 Å². The largest absolute Gasteiger partial charge is 0.483 e. The van der Waals surface area contributed by atoms with E-state index in [1.54, 1.807) is 0 Å². The van der Waals surface area contributed by atoms with Crippen LogP contribution in [-0.2, 0) is 14.8 Å². The van der Waals surface area contributed by atoms with Gasteiger partial charge in [0.05, 0.1) is 6.26 Å². The minimum absolute atomic E-state index is 0.00111. The Hall–Kier alpha value is -1.60. The average Bonchev–Trinajstić information content (AvgIpc) is 2.51. The number of piperidine rings is 1. The molecule has 1 fully saturated rings. The monoisotopic (exact) mass is 354 g/mol. The molecule has 0 aromatic heterocycles. The van der Waals surface area contributed by atoms with Gasteiger partial charge in [-0.2, -0.15) is 0 Å². The summed E-state index contributed by atoms with van der Waals surface area (Å²) in [4.78, 5) is 12.1. The highest BCUT2D eigenvalue weighted by Gasteiger charge is 2.25. The minimum Gasteiger partial charge on any atom is -0.483 e. The topological polar surface area (TPSA) is 75.7 Å². The van der Waals surface area contributed by atoms with Crippen molar-refractivity contribution in [3.63, 3.8) is 0 Å². The summed E-state index contributed by atoms with van der Waals surface area (Å²) in [6.45, 7) is 6.81. The Bertz CT molecular complexity index is 708. The zero-order valence-corrected chi connectivity index (χ0v) is 15.6. The van der Waals surface area contributed by atoms with Crippen molar-refractivity contribution >= 4 is 15.9 Å². The summed E-state index contributed by atoms with van der Waals surface area (Å²) in [5.41, 5.74) is 3.18. The van der Waals surface area contributed by atoms with Crippen molar-refractivity contribution < 1.29 is 17.9 Å². The molecule has 0 atom stereocenters. The minimum atomic E-state index is -3.14. The Morgan fingerprint density at radius 2 is 1.79 bits per heavy atom. The summed E-state index contributed by atoms with van der Waals surface area (Å²) < 4.78 is 30.1. The number of ether oxygens (including phenoxy) is 1. The number of nitrogens with one attached hydrogen (secondary N) is 1. The van der Waals surface area contributed by atoms with Crippen LogP contribution < -0.4 is 10.1 Å². The predicted octanol–water partition coefficient (Wildman–Crippen LogP) is 1.53. The number of benzene rings is 1. The molecule has 6 nitrogen and oxygen atoms in total. The van der Waals surface area contributed by atoms with Crippen LogP contribution in [0, 0.1) is 20.8 Å². The van der Waals surface area contributed by atoms with Gasteiger partial charge in [-0.05, 0) is 50.3 Å². The first-order valence-corrected chi connectivity index (χ1v) is 9.97. The van der Waals surface area contributed by atoms with Gasteiger partial charge in [0, 0.05) is 19.1 Å². The lowest BCUT2D eigenvalue weighted by molar-refractivity contribution is -0.124. The highest BCUT2D eigenvalue weighted by atomic mass is 32.2. The van der Waals surface area contributed by atoms with E-state index in [2.05, 4.69) is 5.32 Å². The molecule has 1 aromatic carbocycles. The van der Waals surface area contributed by atoms with E-state index in [9.17, 15) is 13.2 Å². The van der Waals surface area contributed by atoms with Gasteiger partial charge in [-0.25, -0.2) is 12.7 Å². The van der Waals surface area contributed by atoms with E-state index < -0.39 is 10.0 Å². The molecule has 0 spiro atoms. The van der Waals surface area contributed by atoms with Gasteiger partial charge in [0.1, 0.15) is 5.75 Å². The highest BCUT2D eigenvalue weighted by Crippen LogP contribution is 2.25. The van der Waals surface area contributed by atoms with Crippen LogP contribution in [0.15, 0.2) is 12.1 Å². The standard InChI is InChI=1S/C17H26N2O4S/c1-12-5-6-13(2)17(14(12)3)23-11-16(20)18-15-7-9-19(10-8-15)24(4,21)22/h5-6,15H,7-11H2,1-4H3,(H,18,20). The Balaban J connectivity index is 1.84. The van der Waals surface area contributed by atoms with Crippen LogP contribution >= 0.6 is 0 Å². The van der Waals surface area contributed by atoms with Crippen LogP contribution in [0.25, 0.3) is 0 Å². The second kappa shape index (κ2) is 7.53. The van der Waals surface area contributed by atoms with Crippen molar-refractivity contribution in [2.24, 2.45) is 0 Å². The van der Waals surface area contributed by atoms with Gasteiger partial charge >= 0.3 is 0 Å². The van der Waals surface area contributed by atoms with Gasteiger partial charge in [-0.3, -0.25) is 4.79 Å². The van der Waals surface area contributed by atoms with Gasteiger partial charge in [0.2, 0.25) is 10.0 Å². The number of sulfonamides is 1. The molecule has 1 aromatic rings. The Labute approximate surface area is 144 Å². The fourth-order valence-corrected chi connectivity index (χ4v) is 3.76. The molecule has 24 heavy (non-hydrogen) atoms. The Morgan fingerprint density at radius 3 is 2.38 bits per heavy atom. The molecular formula is C17H26N2O4S. The van der Waals surface area contributed by atoms with E-state index in [0.29, 0.717) is 25.9 Å². The number of rotatable bonds is 5. The maximum absolute atomic E-state index is 12.1.